The molecule has 2 aromatic carbocycles. The molecule has 0 aromatic heterocycles. The summed E-state index contributed by atoms with van der Waals surface area (Å²) < 4.78 is 37.9. The molecule has 1 heterocycles. The van der Waals surface area contributed by atoms with Gasteiger partial charge in [-0.1, -0.05) is 17.7 Å². The molecule has 2 aromatic rings. The highest BCUT2D eigenvalue weighted by Crippen LogP contribution is 2.34. The van der Waals surface area contributed by atoms with E-state index >= 15 is 0 Å². The fourth-order valence-electron chi connectivity index (χ4n) is 3.27. The molecule has 28 heavy (non-hydrogen) atoms. The first kappa shape index (κ1) is 20.2. The second-order valence-electron chi connectivity index (χ2n) is 6.63. The van der Waals surface area contributed by atoms with Gasteiger partial charge >= 0.3 is 0 Å². The quantitative estimate of drug-likeness (QED) is 0.765. The molecule has 0 spiro atoms. The Morgan fingerprint density at radius 1 is 1.00 bits per heavy atom. The van der Waals surface area contributed by atoms with Gasteiger partial charge in [0, 0.05) is 19.2 Å². The van der Waals surface area contributed by atoms with Crippen molar-refractivity contribution in [2.24, 2.45) is 0 Å². The molecule has 0 saturated carbocycles. The second kappa shape index (κ2) is 7.81. The zero-order chi connectivity index (χ0) is 20.5. The van der Waals surface area contributed by atoms with Crippen LogP contribution in [0.15, 0.2) is 47.4 Å². The van der Waals surface area contributed by atoms with Crippen molar-refractivity contribution >= 4 is 21.6 Å². The van der Waals surface area contributed by atoms with Crippen LogP contribution >= 0.6 is 0 Å². The second-order valence-corrected chi connectivity index (χ2v) is 8.52. The number of amides is 1. The molecule has 7 nitrogen and oxygen atoms in total. The van der Waals surface area contributed by atoms with E-state index in [0.29, 0.717) is 17.2 Å². The van der Waals surface area contributed by atoms with Crippen LogP contribution in [0.25, 0.3) is 0 Å². The van der Waals surface area contributed by atoms with Crippen LogP contribution in [0.2, 0.25) is 0 Å². The third-order valence-electron chi connectivity index (χ3n) is 4.90. The van der Waals surface area contributed by atoms with Crippen LogP contribution in [0.1, 0.15) is 12.5 Å². The normalized spacial score (nSPS) is 18.2. The highest BCUT2D eigenvalue weighted by molar-refractivity contribution is 7.89. The molecular weight excluding hydrogens is 380 g/mol. The molecule has 1 amide bonds. The lowest BCUT2D eigenvalue weighted by atomic mass is 10.1. The molecule has 1 unspecified atom stereocenters. The largest absolute Gasteiger partial charge is 0.497 e. The number of sulfonamides is 1. The topological polar surface area (TPSA) is 76.2 Å². The molecule has 0 aliphatic carbocycles. The molecule has 0 N–H and O–H groups in total. The van der Waals surface area contributed by atoms with Crippen LogP contribution in [0.3, 0.4) is 0 Å². The van der Waals surface area contributed by atoms with E-state index in [1.165, 1.54) is 11.4 Å². The maximum atomic E-state index is 13.0. The highest BCUT2D eigenvalue weighted by Gasteiger charge is 2.40. The fraction of sp³-hybridized carbons (Fsp3) is 0.350. The van der Waals surface area contributed by atoms with Gasteiger partial charge in [0.25, 0.3) is 0 Å². The summed E-state index contributed by atoms with van der Waals surface area (Å²) in [4.78, 5) is 14.8. The Morgan fingerprint density at radius 3 is 2.29 bits per heavy atom. The Balaban J connectivity index is 1.89. The lowest BCUT2D eigenvalue weighted by Gasteiger charge is -2.38. The summed E-state index contributed by atoms with van der Waals surface area (Å²) in [5, 5.41) is 0. The zero-order valence-electron chi connectivity index (χ0n) is 16.4. The third-order valence-corrected chi connectivity index (χ3v) is 6.89. The Bertz CT molecular complexity index is 973. The maximum absolute atomic E-state index is 13.0. The minimum atomic E-state index is -3.76. The molecule has 1 aliphatic heterocycles. The number of carbonyl (C=O) groups excluding carboxylic acids is 1. The number of hydrogen-bond acceptors (Lipinski definition) is 5. The fourth-order valence-corrected chi connectivity index (χ4v) is 4.85. The van der Waals surface area contributed by atoms with E-state index < -0.39 is 16.1 Å². The first-order chi connectivity index (χ1) is 13.3. The van der Waals surface area contributed by atoms with Crippen molar-refractivity contribution in [1.82, 2.24) is 4.31 Å². The Hall–Kier alpha value is -2.58. The van der Waals surface area contributed by atoms with Crippen molar-refractivity contribution in [3.63, 3.8) is 0 Å². The van der Waals surface area contributed by atoms with Crippen molar-refractivity contribution < 1.29 is 22.7 Å². The van der Waals surface area contributed by atoms with E-state index in [9.17, 15) is 13.2 Å². The van der Waals surface area contributed by atoms with E-state index in [-0.39, 0.29) is 23.9 Å². The molecule has 1 fully saturated rings. The molecule has 3 rings (SSSR count). The molecule has 1 atom stereocenters. The summed E-state index contributed by atoms with van der Waals surface area (Å²) in [6.07, 6.45) is 0. The number of piperazine rings is 1. The average Bonchev–Trinajstić information content (AvgIpc) is 2.69. The van der Waals surface area contributed by atoms with Crippen molar-refractivity contribution in [2.45, 2.75) is 24.8 Å². The average molecular weight is 404 g/mol. The first-order valence-electron chi connectivity index (χ1n) is 8.91. The van der Waals surface area contributed by atoms with Crippen LogP contribution < -0.4 is 14.4 Å². The minimum Gasteiger partial charge on any atom is -0.497 e. The Morgan fingerprint density at radius 2 is 1.68 bits per heavy atom. The van der Waals surface area contributed by atoms with Gasteiger partial charge in [0.1, 0.15) is 17.5 Å². The summed E-state index contributed by atoms with van der Waals surface area (Å²) in [5.41, 5.74) is 1.56. The summed E-state index contributed by atoms with van der Waals surface area (Å²) in [5.74, 6) is 0.807. The van der Waals surface area contributed by atoms with Crippen LogP contribution in [0, 0.1) is 6.92 Å². The van der Waals surface area contributed by atoms with Crippen LogP contribution in [-0.4, -0.2) is 52.0 Å². The van der Waals surface area contributed by atoms with E-state index in [2.05, 4.69) is 0 Å². The molecule has 0 radical (unpaired) electrons. The van der Waals surface area contributed by atoms with Crippen molar-refractivity contribution in [3.8, 4) is 11.5 Å². The van der Waals surface area contributed by atoms with Crippen molar-refractivity contribution in [3.05, 3.63) is 48.0 Å². The molecule has 0 bridgehead atoms. The maximum Gasteiger partial charge on any atom is 0.245 e. The van der Waals surface area contributed by atoms with Gasteiger partial charge in [0.15, 0.2) is 0 Å². The summed E-state index contributed by atoms with van der Waals surface area (Å²) in [7, 11) is -0.688. The van der Waals surface area contributed by atoms with Gasteiger partial charge in [0.05, 0.1) is 24.8 Å². The SMILES string of the molecule is COc1ccc(N2CCN(S(=O)(=O)c3ccc(C)cc3)C(C)C2=O)c(OC)c1. The van der Waals surface area contributed by atoms with E-state index in [4.69, 9.17) is 9.47 Å². The van der Waals surface area contributed by atoms with E-state index in [1.807, 2.05) is 6.92 Å². The number of anilines is 1. The summed E-state index contributed by atoms with van der Waals surface area (Å²) >= 11 is 0. The molecular formula is C20H24N2O5S. The van der Waals surface area contributed by atoms with Crippen LogP contribution in [0.5, 0.6) is 11.5 Å². The van der Waals surface area contributed by atoms with Gasteiger partial charge in [-0.15, -0.1) is 0 Å². The number of carbonyl (C=O) groups is 1. The number of methoxy groups -OCH3 is 2. The smallest absolute Gasteiger partial charge is 0.245 e. The van der Waals surface area contributed by atoms with Gasteiger partial charge in [-0.2, -0.15) is 4.31 Å². The van der Waals surface area contributed by atoms with Gasteiger partial charge in [0.2, 0.25) is 15.9 Å². The van der Waals surface area contributed by atoms with E-state index in [0.717, 1.165) is 5.56 Å². The lowest BCUT2D eigenvalue weighted by molar-refractivity contribution is -0.123. The lowest BCUT2D eigenvalue weighted by Crippen LogP contribution is -2.57. The van der Waals surface area contributed by atoms with Gasteiger partial charge in [-0.25, -0.2) is 8.42 Å². The van der Waals surface area contributed by atoms with Crippen LogP contribution in [0.4, 0.5) is 5.69 Å². The van der Waals surface area contributed by atoms with E-state index in [1.54, 1.807) is 61.4 Å². The van der Waals surface area contributed by atoms with Gasteiger partial charge in [-0.05, 0) is 38.1 Å². The molecule has 1 aliphatic rings. The predicted molar refractivity (Wildman–Crippen MR) is 106 cm³/mol. The Labute approximate surface area is 165 Å². The number of hydrogen-bond donors (Lipinski definition) is 0. The minimum absolute atomic E-state index is 0.188. The third kappa shape index (κ3) is 3.57. The molecule has 8 heteroatoms. The van der Waals surface area contributed by atoms with Gasteiger partial charge < -0.3 is 14.4 Å². The zero-order valence-corrected chi connectivity index (χ0v) is 17.2. The molecule has 150 valence electrons. The monoisotopic (exact) mass is 404 g/mol. The first-order valence-corrected chi connectivity index (χ1v) is 10.4. The summed E-state index contributed by atoms with van der Waals surface area (Å²) in [6, 6.07) is 11.0. The van der Waals surface area contributed by atoms with Gasteiger partial charge in [-0.3, -0.25) is 4.79 Å². The number of benzene rings is 2. The summed E-state index contributed by atoms with van der Waals surface area (Å²) in [6.45, 7) is 3.93. The number of nitrogens with zero attached hydrogens (tertiary/aromatic N) is 2. The van der Waals surface area contributed by atoms with Crippen molar-refractivity contribution in [1.29, 1.82) is 0 Å². The van der Waals surface area contributed by atoms with Crippen molar-refractivity contribution in [2.75, 3.05) is 32.2 Å². The Kier molecular flexibility index (Phi) is 5.62. The number of rotatable bonds is 5. The van der Waals surface area contributed by atoms with Crippen LogP contribution in [-0.2, 0) is 14.8 Å². The number of ether oxygens (including phenoxy) is 2. The highest BCUT2D eigenvalue weighted by atomic mass is 32.2. The predicted octanol–water partition coefficient (Wildman–Crippen LogP) is 2.44. The molecule has 1 saturated heterocycles. The standard InChI is InChI=1S/C20H24N2O5S/c1-14-5-8-17(9-6-14)28(24,25)22-12-11-21(20(23)15(22)2)18-10-7-16(26-3)13-19(18)27-4/h5-10,13,15H,11-12H2,1-4H3. The number of aryl methyl sites for hydroxylation is 1.